The molecule has 5 aromatic carbocycles. The summed E-state index contributed by atoms with van der Waals surface area (Å²) in [6.07, 6.45) is 10.7. The van der Waals surface area contributed by atoms with E-state index in [0.29, 0.717) is 9.52 Å². The van der Waals surface area contributed by atoms with Crippen LogP contribution < -0.4 is 9.92 Å². The standard InChI is InChI=1S/C28H30N2OSi.C13H11B/c1-2-3-4-11-21-31-26-17-12-18-27(22-26)32-28(30-20-19-29-23-30,24-13-7-5-8-14-24)25-15-9-6-10-16-25;14-13(11-7-3-1-4-8-11)12-9-5-2-6-10-12/h5-10,12-20,22-23H,2-4,11,21H2,1H3;1-10,13H. The molecular weight excluding hydrogens is 575 g/mol. The molecule has 0 fully saturated rings. The molecule has 3 nitrogen and oxygen atoms in total. The van der Waals surface area contributed by atoms with Gasteiger partial charge in [0.25, 0.3) is 0 Å². The van der Waals surface area contributed by atoms with E-state index in [1.807, 2.05) is 48.9 Å². The van der Waals surface area contributed by atoms with E-state index in [0.717, 1.165) is 29.9 Å². The average molecular weight is 617 g/mol. The van der Waals surface area contributed by atoms with Gasteiger partial charge in [-0.25, -0.2) is 4.98 Å². The third-order valence-electron chi connectivity index (χ3n) is 8.02. The number of aromatic nitrogens is 2. The molecule has 0 aliphatic heterocycles. The fraction of sp³-hybridized carbons (Fsp3) is 0.195. The third-order valence-corrected chi connectivity index (χ3v) is 9.82. The zero-order chi connectivity index (χ0) is 31.9. The van der Waals surface area contributed by atoms with Crippen molar-refractivity contribution in [3.63, 3.8) is 0 Å². The molecular formula is C41H41BN2OSi. The van der Waals surface area contributed by atoms with Crippen LogP contribution in [0.3, 0.4) is 0 Å². The molecule has 1 aromatic heterocycles. The Morgan fingerprint density at radius 2 is 1.26 bits per heavy atom. The minimum Gasteiger partial charge on any atom is -0.494 e. The van der Waals surface area contributed by atoms with Crippen LogP contribution in [0.4, 0.5) is 0 Å². The van der Waals surface area contributed by atoms with Gasteiger partial charge in [-0.15, -0.1) is 0 Å². The maximum absolute atomic E-state index is 6.12. The monoisotopic (exact) mass is 616 g/mol. The van der Waals surface area contributed by atoms with E-state index in [2.05, 4.69) is 132 Å². The first-order chi connectivity index (χ1) is 22.7. The lowest BCUT2D eigenvalue weighted by Gasteiger charge is -2.36. The van der Waals surface area contributed by atoms with Crippen molar-refractivity contribution >= 4 is 22.6 Å². The molecule has 0 saturated heterocycles. The molecule has 1 heterocycles. The number of hydrogen-bond donors (Lipinski definition) is 0. The molecule has 0 unspecified atom stereocenters. The second kappa shape index (κ2) is 17.2. The maximum Gasteiger partial charge on any atom is 0.128 e. The SMILES string of the molecule is CCCCCCOc1cccc([Si]C(c2ccccc2)(c2ccccc2)n2ccnc2)c1.[B]C(c1ccccc1)c1ccccc1. The second-order valence-corrected chi connectivity index (χ2v) is 12.8. The smallest absolute Gasteiger partial charge is 0.128 e. The molecule has 6 aromatic rings. The van der Waals surface area contributed by atoms with Crippen molar-refractivity contribution in [1.82, 2.24) is 9.55 Å². The van der Waals surface area contributed by atoms with Gasteiger partial charge in [0.15, 0.2) is 0 Å². The summed E-state index contributed by atoms with van der Waals surface area (Å²) in [5.41, 5.74) is 4.79. The Bertz CT molecular complexity index is 1600. The first kappa shape index (κ1) is 32.8. The predicted molar refractivity (Wildman–Crippen MR) is 193 cm³/mol. The zero-order valence-electron chi connectivity index (χ0n) is 26.6. The van der Waals surface area contributed by atoms with Crippen LogP contribution in [0, 0.1) is 0 Å². The lowest BCUT2D eigenvalue weighted by molar-refractivity contribution is 0.305. The summed E-state index contributed by atoms with van der Waals surface area (Å²) < 4.78 is 8.34. The molecule has 6 rings (SSSR count). The number of ether oxygens (including phenoxy) is 1. The van der Waals surface area contributed by atoms with Gasteiger partial charge < -0.3 is 9.30 Å². The van der Waals surface area contributed by atoms with Crippen molar-refractivity contribution < 1.29 is 4.74 Å². The van der Waals surface area contributed by atoms with Gasteiger partial charge in [-0.05, 0) is 46.6 Å². The number of hydrogen-bond acceptors (Lipinski definition) is 2. The Morgan fingerprint density at radius 3 is 1.78 bits per heavy atom. The van der Waals surface area contributed by atoms with Gasteiger partial charge in [-0.1, -0.05) is 165 Å². The van der Waals surface area contributed by atoms with E-state index in [-0.39, 0.29) is 11.0 Å². The Hall–Kier alpha value is -4.61. The van der Waals surface area contributed by atoms with Gasteiger partial charge in [0.05, 0.1) is 25.9 Å². The summed E-state index contributed by atoms with van der Waals surface area (Å²) >= 11 is 0. The molecule has 4 radical (unpaired) electrons. The minimum atomic E-state index is -0.376. The summed E-state index contributed by atoms with van der Waals surface area (Å²) in [4.78, 5) is 4.41. The zero-order valence-corrected chi connectivity index (χ0v) is 27.6. The van der Waals surface area contributed by atoms with Gasteiger partial charge in [-0.2, -0.15) is 0 Å². The van der Waals surface area contributed by atoms with Gasteiger partial charge >= 0.3 is 0 Å². The molecule has 0 aliphatic rings. The summed E-state index contributed by atoms with van der Waals surface area (Å²) in [6.45, 7) is 3.01. The first-order valence-electron chi connectivity index (χ1n) is 16.2. The summed E-state index contributed by atoms with van der Waals surface area (Å²) in [5.74, 6) is 0.935. The third kappa shape index (κ3) is 8.55. The van der Waals surface area contributed by atoms with Crippen LogP contribution in [0.1, 0.15) is 60.7 Å². The highest BCUT2D eigenvalue weighted by Crippen LogP contribution is 2.33. The molecule has 0 saturated carbocycles. The molecule has 0 atom stereocenters. The highest BCUT2D eigenvalue weighted by molar-refractivity contribution is 6.57. The van der Waals surface area contributed by atoms with E-state index in [9.17, 15) is 0 Å². The topological polar surface area (TPSA) is 27.1 Å². The van der Waals surface area contributed by atoms with Crippen molar-refractivity contribution in [2.75, 3.05) is 6.61 Å². The molecule has 228 valence electrons. The van der Waals surface area contributed by atoms with Crippen LogP contribution in [0.2, 0.25) is 0 Å². The Labute approximate surface area is 278 Å². The fourth-order valence-corrected chi connectivity index (χ4v) is 7.29. The highest BCUT2D eigenvalue weighted by Gasteiger charge is 2.37. The largest absolute Gasteiger partial charge is 0.494 e. The average Bonchev–Trinajstić information content (AvgIpc) is 3.68. The molecule has 0 amide bonds. The van der Waals surface area contributed by atoms with Crippen molar-refractivity contribution in [3.05, 3.63) is 187 Å². The molecule has 5 heteroatoms. The first-order valence-corrected chi connectivity index (χ1v) is 17.2. The second-order valence-electron chi connectivity index (χ2n) is 11.3. The molecule has 0 spiro atoms. The Balaban J connectivity index is 0.000000247. The van der Waals surface area contributed by atoms with E-state index in [4.69, 9.17) is 12.6 Å². The molecule has 0 aliphatic carbocycles. The lowest BCUT2D eigenvalue weighted by atomic mass is 9.76. The molecule has 46 heavy (non-hydrogen) atoms. The number of unbranched alkanes of at least 4 members (excludes halogenated alkanes) is 3. The Morgan fingerprint density at radius 1 is 0.696 bits per heavy atom. The van der Waals surface area contributed by atoms with Crippen molar-refractivity contribution in [2.24, 2.45) is 0 Å². The maximum atomic E-state index is 6.12. The summed E-state index contributed by atoms with van der Waals surface area (Å²) in [6, 6.07) is 50.3. The van der Waals surface area contributed by atoms with Crippen molar-refractivity contribution in [2.45, 2.75) is 43.6 Å². The van der Waals surface area contributed by atoms with Crippen LogP contribution in [0.15, 0.2) is 164 Å². The number of nitrogens with zero attached hydrogens (tertiary/aromatic N) is 2. The summed E-state index contributed by atoms with van der Waals surface area (Å²) in [7, 11) is 6.58. The van der Waals surface area contributed by atoms with Gasteiger partial charge in [-0.3, -0.25) is 0 Å². The lowest BCUT2D eigenvalue weighted by Crippen LogP contribution is -2.46. The van der Waals surface area contributed by atoms with E-state index < -0.39 is 0 Å². The quantitative estimate of drug-likeness (QED) is 0.0961. The molecule has 0 bridgehead atoms. The van der Waals surface area contributed by atoms with E-state index in [1.165, 1.54) is 35.6 Å². The van der Waals surface area contributed by atoms with Crippen LogP contribution in [0.5, 0.6) is 5.75 Å². The summed E-state index contributed by atoms with van der Waals surface area (Å²) in [5, 5.41) is 0.885. The van der Waals surface area contributed by atoms with Crippen LogP contribution in [-0.2, 0) is 5.16 Å². The van der Waals surface area contributed by atoms with Crippen molar-refractivity contribution in [1.29, 1.82) is 0 Å². The number of imidazole rings is 1. The van der Waals surface area contributed by atoms with Crippen LogP contribution in [-0.4, -0.2) is 33.5 Å². The highest BCUT2D eigenvalue weighted by atomic mass is 28.2. The van der Waals surface area contributed by atoms with Gasteiger partial charge in [0.2, 0.25) is 0 Å². The fourth-order valence-electron chi connectivity index (χ4n) is 5.59. The molecule has 0 N–H and O–H groups in total. The van der Waals surface area contributed by atoms with Crippen molar-refractivity contribution in [3.8, 4) is 5.75 Å². The van der Waals surface area contributed by atoms with E-state index >= 15 is 0 Å². The number of rotatable bonds is 13. The van der Waals surface area contributed by atoms with E-state index in [1.54, 1.807) is 0 Å². The normalized spacial score (nSPS) is 11.1. The van der Waals surface area contributed by atoms with Crippen LogP contribution >= 0.6 is 0 Å². The Kier molecular flexibility index (Phi) is 12.2. The van der Waals surface area contributed by atoms with Crippen LogP contribution in [0.25, 0.3) is 0 Å². The minimum absolute atomic E-state index is 0.0163. The van der Waals surface area contributed by atoms with Gasteiger partial charge in [0, 0.05) is 12.4 Å². The number of benzene rings is 5. The van der Waals surface area contributed by atoms with Gasteiger partial charge in [0.1, 0.15) is 15.3 Å². The predicted octanol–water partition coefficient (Wildman–Crippen LogP) is 8.57.